The lowest BCUT2D eigenvalue weighted by molar-refractivity contribution is -0.133. The second kappa shape index (κ2) is 6.24. The average Bonchev–Trinajstić information content (AvgIpc) is 2.56. The summed E-state index contributed by atoms with van der Waals surface area (Å²) >= 11 is 0.878. The summed E-state index contributed by atoms with van der Waals surface area (Å²) in [6, 6.07) is -0.0322. The zero-order chi connectivity index (χ0) is 13.7. The Balaban J connectivity index is 2.75. The maximum atomic E-state index is 11.5. The van der Waals surface area contributed by atoms with Crippen molar-refractivity contribution in [3.05, 3.63) is 10.5 Å². The molecule has 0 fully saturated rings. The van der Waals surface area contributed by atoms with E-state index in [9.17, 15) is 14.4 Å². The summed E-state index contributed by atoms with van der Waals surface area (Å²) in [6.45, 7) is 3.42. The lowest BCUT2D eigenvalue weighted by Crippen LogP contribution is -2.35. The predicted octanol–water partition coefficient (Wildman–Crippen LogP) is -0.727. The Kier molecular flexibility index (Phi) is 4.95. The van der Waals surface area contributed by atoms with Gasteiger partial charge in [-0.05, 0) is 13.8 Å². The SMILES string of the molecule is CC(C)NC(=O)Cn1c(SCC(=O)O)n[nH]c1=O. The number of H-pyrrole nitrogens is 1. The van der Waals surface area contributed by atoms with Crippen molar-refractivity contribution < 1.29 is 14.7 Å². The molecule has 0 aliphatic heterocycles. The minimum Gasteiger partial charge on any atom is -0.481 e. The summed E-state index contributed by atoms with van der Waals surface area (Å²) < 4.78 is 1.10. The largest absolute Gasteiger partial charge is 0.481 e. The maximum Gasteiger partial charge on any atom is 0.344 e. The molecule has 3 N–H and O–H groups in total. The summed E-state index contributed by atoms with van der Waals surface area (Å²) in [6.07, 6.45) is 0. The number of aromatic amines is 1. The van der Waals surface area contributed by atoms with Crippen molar-refractivity contribution in [3.8, 4) is 0 Å². The summed E-state index contributed by atoms with van der Waals surface area (Å²) in [5.41, 5.74) is -0.540. The number of nitrogens with one attached hydrogen (secondary N) is 2. The number of hydrogen-bond donors (Lipinski definition) is 3. The van der Waals surface area contributed by atoms with Crippen LogP contribution in [0.3, 0.4) is 0 Å². The Morgan fingerprint density at radius 2 is 2.22 bits per heavy atom. The number of thioether (sulfide) groups is 1. The molecule has 0 radical (unpaired) electrons. The minimum atomic E-state index is -1.02. The molecule has 0 spiro atoms. The molecule has 18 heavy (non-hydrogen) atoms. The molecule has 9 heteroatoms. The van der Waals surface area contributed by atoms with Gasteiger partial charge in [-0.1, -0.05) is 11.8 Å². The average molecular weight is 274 g/mol. The molecule has 0 aliphatic rings. The Bertz CT molecular complexity index is 493. The van der Waals surface area contributed by atoms with Crippen molar-refractivity contribution in [2.75, 3.05) is 5.75 Å². The minimum absolute atomic E-state index is 0.0322. The molecule has 0 aliphatic carbocycles. The van der Waals surface area contributed by atoms with Gasteiger partial charge in [0.2, 0.25) is 5.91 Å². The number of carboxylic acids is 1. The maximum absolute atomic E-state index is 11.5. The normalized spacial score (nSPS) is 10.6. The van der Waals surface area contributed by atoms with Crippen LogP contribution in [0.25, 0.3) is 0 Å². The highest BCUT2D eigenvalue weighted by atomic mass is 32.2. The number of hydrogen-bond acceptors (Lipinski definition) is 5. The van der Waals surface area contributed by atoms with Gasteiger partial charge in [0, 0.05) is 6.04 Å². The van der Waals surface area contributed by atoms with E-state index in [0.717, 1.165) is 16.3 Å². The first-order chi connectivity index (χ1) is 8.40. The van der Waals surface area contributed by atoms with Crippen molar-refractivity contribution in [2.24, 2.45) is 0 Å². The number of carbonyl (C=O) groups is 2. The summed E-state index contributed by atoms with van der Waals surface area (Å²) in [5.74, 6) is -1.57. The second-order valence-electron chi connectivity index (χ2n) is 3.80. The van der Waals surface area contributed by atoms with Crippen LogP contribution in [-0.4, -0.2) is 43.5 Å². The first-order valence-corrected chi connectivity index (χ1v) is 6.18. The zero-order valence-corrected chi connectivity index (χ0v) is 10.8. The van der Waals surface area contributed by atoms with Crippen LogP contribution in [0.1, 0.15) is 13.8 Å². The molecular weight excluding hydrogens is 260 g/mol. The molecule has 100 valence electrons. The highest BCUT2D eigenvalue weighted by Crippen LogP contribution is 2.12. The molecule has 1 aromatic heterocycles. The number of nitrogens with zero attached hydrogens (tertiary/aromatic N) is 2. The molecule has 0 unspecified atom stereocenters. The van der Waals surface area contributed by atoms with E-state index in [2.05, 4.69) is 15.5 Å². The number of carboxylic acid groups (broad SMARTS) is 1. The van der Waals surface area contributed by atoms with E-state index < -0.39 is 11.7 Å². The van der Waals surface area contributed by atoms with E-state index >= 15 is 0 Å². The lowest BCUT2D eigenvalue weighted by atomic mass is 10.4. The van der Waals surface area contributed by atoms with Crippen LogP contribution in [0.5, 0.6) is 0 Å². The molecular formula is C9H14N4O4S. The number of aliphatic carboxylic acids is 1. The highest BCUT2D eigenvalue weighted by Gasteiger charge is 2.14. The zero-order valence-electron chi connectivity index (χ0n) is 9.97. The van der Waals surface area contributed by atoms with Crippen LogP contribution >= 0.6 is 11.8 Å². The topological polar surface area (TPSA) is 117 Å². The predicted molar refractivity (Wildman–Crippen MR) is 64.5 cm³/mol. The van der Waals surface area contributed by atoms with E-state index in [-0.39, 0.29) is 29.4 Å². The molecule has 1 rings (SSSR count). The van der Waals surface area contributed by atoms with Gasteiger partial charge in [0.05, 0.1) is 5.75 Å². The third-order valence-electron chi connectivity index (χ3n) is 1.80. The Morgan fingerprint density at radius 3 is 2.78 bits per heavy atom. The van der Waals surface area contributed by atoms with Crippen molar-refractivity contribution in [2.45, 2.75) is 31.6 Å². The summed E-state index contributed by atoms with van der Waals surface area (Å²) in [7, 11) is 0. The molecule has 0 saturated heterocycles. The van der Waals surface area contributed by atoms with Gasteiger partial charge in [-0.25, -0.2) is 9.89 Å². The Hall–Kier alpha value is -1.77. The van der Waals surface area contributed by atoms with Crippen LogP contribution < -0.4 is 11.0 Å². The van der Waals surface area contributed by atoms with Gasteiger partial charge in [0.1, 0.15) is 6.54 Å². The number of rotatable bonds is 6. The van der Waals surface area contributed by atoms with Gasteiger partial charge in [-0.2, -0.15) is 0 Å². The van der Waals surface area contributed by atoms with Crippen LogP contribution in [0, 0.1) is 0 Å². The van der Waals surface area contributed by atoms with Crippen molar-refractivity contribution in [3.63, 3.8) is 0 Å². The van der Waals surface area contributed by atoms with Crippen LogP contribution in [0.2, 0.25) is 0 Å². The molecule has 0 aromatic carbocycles. The molecule has 0 bridgehead atoms. The molecule has 1 heterocycles. The van der Waals surface area contributed by atoms with Gasteiger partial charge in [-0.15, -0.1) is 5.10 Å². The third kappa shape index (κ3) is 4.24. The van der Waals surface area contributed by atoms with Crippen LogP contribution in [0.15, 0.2) is 9.95 Å². The van der Waals surface area contributed by atoms with Crippen LogP contribution in [0.4, 0.5) is 0 Å². The van der Waals surface area contributed by atoms with Gasteiger partial charge in [0.15, 0.2) is 5.16 Å². The van der Waals surface area contributed by atoms with Gasteiger partial charge in [-0.3, -0.25) is 14.2 Å². The molecule has 8 nitrogen and oxygen atoms in total. The van der Waals surface area contributed by atoms with Gasteiger partial charge >= 0.3 is 11.7 Å². The van der Waals surface area contributed by atoms with Crippen molar-refractivity contribution in [1.29, 1.82) is 0 Å². The highest BCUT2D eigenvalue weighted by molar-refractivity contribution is 7.99. The molecule has 1 amide bonds. The van der Waals surface area contributed by atoms with Gasteiger partial charge in [0.25, 0.3) is 0 Å². The molecule has 0 saturated carbocycles. The number of amides is 1. The molecule has 0 atom stereocenters. The first-order valence-electron chi connectivity index (χ1n) is 5.19. The molecule has 1 aromatic rings. The monoisotopic (exact) mass is 274 g/mol. The fourth-order valence-electron chi connectivity index (χ4n) is 1.19. The Labute approximate surface area is 107 Å². The fraction of sp³-hybridized carbons (Fsp3) is 0.556. The first kappa shape index (κ1) is 14.3. The van der Waals surface area contributed by atoms with E-state index in [1.807, 2.05) is 0 Å². The number of aromatic nitrogens is 3. The van der Waals surface area contributed by atoms with Crippen molar-refractivity contribution >= 4 is 23.6 Å². The fourth-order valence-corrected chi connectivity index (χ4v) is 1.86. The standard InChI is InChI=1S/C9H14N4O4S/c1-5(2)10-6(14)3-13-8(17)11-12-9(13)18-4-7(15)16/h5H,3-4H2,1-2H3,(H,10,14)(H,11,17)(H,15,16). The third-order valence-corrected chi connectivity index (χ3v) is 2.76. The second-order valence-corrected chi connectivity index (χ2v) is 4.74. The van der Waals surface area contributed by atoms with Crippen LogP contribution in [-0.2, 0) is 16.1 Å². The van der Waals surface area contributed by atoms with E-state index in [4.69, 9.17) is 5.11 Å². The Morgan fingerprint density at radius 1 is 1.56 bits per heavy atom. The quantitative estimate of drug-likeness (QED) is 0.589. The summed E-state index contributed by atoms with van der Waals surface area (Å²) in [4.78, 5) is 33.4. The van der Waals surface area contributed by atoms with Gasteiger partial charge < -0.3 is 10.4 Å². The van der Waals surface area contributed by atoms with Crippen molar-refractivity contribution in [1.82, 2.24) is 20.1 Å². The van der Waals surface area contributed by atoms with E-state index in [1.54, 1.807) is 13.8 Å². The van der Waals surface area contributed by atoms with E-state index in [0.29, 0.717) is 0 Å². The smallest absolute Gasteiger partial charge is 0.344 e. The lowest BCUT2D eigenvalue weighted by Gasteiger charge is -2.08. The number of carbonyl (C=O) groups excluding carboxylic acids is 1. The van der Waals surface area contributed by atoms with E-state index in [1.165, 1.54) is 0 Å². The summed E-state index contributed by atoms with van der Waals surface area (Å²) in [5, 5.41) is 17.2.